The molecule has 0 amide bonds. The van der Waals surface area contributed by atoms with Crippen LogP contribution in [0.15, 0.2) is 23.5 Å². The summed E-state index contributed by atoms with van der Waals surface area (Å²) in [6, 6.07) is 0. The van der Waals surface area contributed by atoms with Crippen LogP contribution < -0.4 is 0 Å². The molecule has 2 atom stereocenters. The highest BCUT2D eigenvalue weighted by Crippen LogP contribution is 2.45. The quantitative estimate of drug-likeness (QED) is 0.576. The lowest BCUT2D eigenvalue weighted by Crippen LogP contribution is -2.40. The lowest BCUT2D eigenvalue weighted by atomic mass is 9.75. The topological polar surface area (TPSA) is 78.9 Å². The van der Waals surface area contributed by atoms with E-state index >= 15 is 0 Å². The maximum Gasteiger partial charge on any atom is 0.308 e. The van der Waals surface area contributed by atoms with E-state index < -0.39 is 17.5 Å². The van der Waals surface area contributed by atoms with Crippen molar-refractivity contribution in [2.24, 2.45) is 5.92 Å². The van der Waals surface area contributed by atoms with Crippen LogP contribution >= 0.6 is 0 Å². The molecule has 0 aromatic rings. The fraction of sp³-hybridized carbons (Fsp3) is 0.533. The Bertz CT molecular complexity index is 544. The van der Waals surface area contributed by atoms with E-state index in [1.165, 1.54) is 20.1 Å². The van der Waals surface area contributed by atoms with E-state index in [1.807, 2.05) is 0 Å². The zero-order valence-electron chi connectivity index (χ0n) is 12.3. The van der Waals surface area contributed by atoms with Crippen LogP contribution in [-0.4, -0.2) is 37.0 Å². The number of methoxy groups -OCH3 is 1. The van der Waals surface area contributed by atoms with Crippen LogP contribution in [0.1, 0.15) is 26.7 Å². The molecule has 0 aromatic heterocycles. The second kappa shape index (κ2) is 5.81. The molecule has 1 fully saturated rings. The van der Waals surface area contributed by atoms with E-state index in [0.29, 0.717) is 5.76 Å². The smallest absolute Gasteiger partial charge is 0.308 e. The Hall–Kier alpha value is -1.95. The first kappa shape index (κ1) is 15.4. The fourth-order valence-corrected chi connectivity index (χ4v) is 2.83. The Morgan fingerprint density at radius 2 is 2.14 bits per heavy atom. The summed E-state index contributed by atoms with van der Waals surface area (Å²) < 4.78 is 15.6. The number of carbonyl (C=O) groups excluding carboxylic acids is 3. The molecule has 0 radical (unpaired) electrons. The van der Waals surface area contributed by atoms with Crippen LogP contribution in [0.4, 0.5) is 0 Å². The number of carbonyl (C=O) groups is 3. The van der Waals surface area contributed by atoms with Crippen LogP contribution in [-0.2, 0) is 28.6 Å². The van der Waals surface area contributed by atoms with Crippen molar-refractivity contribution in [2.75, 3.05) is 13.7 Å². The van der Waals surface area contributed by atoms with Gasteiger partial charge in [0.25, 0.3) is 0 Å². The van der Waals surface area contributed by atoms with Gasteiger partial charge < -0.3 is 14.2 Å². The van der Waals surface area contributed by atoms with Gasteiger partial charge in [0.1, 0.15) is 11.4 Å². The number of allylic oxidation sites excluding steroid dienone is 2. The maximum atomic E-state index is 11.7. The summed E-state index contributed by atoms with van der Waals surface area (Å²) >= 11 is 0. The molecule has 1 heterocycles. The molecule has 21 heavy (non-hydrogen) atoms. The van der Waals surface area contributed by atoms with Crippen molar-refractivity contribution in [1.29, 1.82) is 0 Å². The Morgan fingerprint density at radius 3 is 2.76 bits per heavy atom. The van der Waals surface area contributed by atoms with Crippen molar-refractivity contribution in [3.05, 3.63) is 23.5 Å². The monoisotopic (exact) mass is 294 g/mol. The molecule has 0 unspecified atom stereocenters. The molecule has 2 rings (SSSR count). The van der Waals surface area contributed by atoms with Gasteiger partial charge in [0, 0.05) is 24.8 Å². The third-order valence-electron chi connectivity index (χ3n) is 3.86. The standard InChI is InChI=1S/C15H18O6/c1-9(21-10(2)16)12-8-20-15(7-14(18)19-3)5-4-11(17)6-13(12)15/h4-5,13H,6-8H2,1-3H3/b12-9+/t13-,15+/m1/s1. The summed E-state index contributed by atoms with van der Waals surface area (Å²) in [6.07, 6.45) is 3.30. The van der Waals surface area contributed by atoms with Crippen LogP contribution in [0.3, 0.4) is 0 Å². The SMILES string of the molecule is COC(=O)C[C@@]12C=CC(=O)C[C@@H]1/C(=C(\C)OC(C)=O)CO2. The van der Waals surface area contributed by atoms with Crippen molar-refractivity contribution in [2.45, 2.75) is 32.3 Å². The molecule has 114 valence electrons. The fourth-order valence-electron chi connectivity index (χ4n) is 2.83. The average Bonchev–Trinajstić information content (AvgIpc) is 2.76. The number of fused-ring (bicyclic) bond motifs is 1. The number of hydrogen-bond donors (Lipinski definition) is 0. The first-order chi connectivity index (χ1) is 9.88. The number of ketones is 1. The molecular formula is C15H18O6. The van der Waals surface area contributed by atoms with Gasteiger partial charge in [-0.2, -0.15) is 0 Å². The summed E-state index contributed by atoms with van der Waals surface area (Å²) in [5, 5.41) is 0. The zero-order chi connectivity index (χ0) is 15.6. The molecular weight excluding hydrogens is 276 g/mol. The molecule has 0 bridgehead atoms. The first-order valence-corrected chi connectivity index (χ1v) is 6.69. The number of hydrogen-bond acceptors (Lipinski definition) is 6. The van der Waals surface area contributed by atoms with Gasteiger partial charge in [-0.1, -0.05) is 0 Å². The molecule has 0 N–H and O–H groups in total. The van der Waals surface area contributed by atoms with Gasteiger partial charge >= 0.3 is 11.9 Å². The van der Waals surface area contributed by atoms with Gasteiger partial charge in [0.15, 0.2) is 5.78 Å². The van der Waals surface area contributed by atoms with Gasteiger partial charge in [-0.25, -0.2) is 0 Å². The zero-order valence-corrected chi connectivity index (χ0v) is 12.3. The Labute approximate surface area is 122 Å². The third-order valence-corrected chi connectivity index (χ3v) is 3.86. The van der Waals surface area contributed by atoms with E-state index in [0.717, 1.165) is 5.57 Å². The molecule has 2 aliphatic rings. The number of ether oxygens (including phenoxy) is 3. The summed E-state index contributed by atoms with van der Waals surface area (Å²) in [5.74, 6) is -0.761. The summed E-state index contributed by atoms with van der Waals surface area (Å²) in [7, 11) is 1.31. The Kier molecular flexibility index (Phi) is 4.27. The minimum Gasteiger partial charge on any atom is -0.469 e. The maximum absolute atomic E-state index is 11.7. The van der Waals surface area contributed by atoms with E-state index in [4.69, 9.17) is 14.2 Å². The van der Waals surface area contributed by atoms with Gasteiger partial charge in [0.05, 0.1) is 20.1 Å². The van der Waals surface area contributed by atoms with Crippen LogP contribution in [0.5, 0.6) is 0 Å². The van der Waals surface area contributed by atoms with E-state index in [2.05, 4.69) is 0 Å². The van der Waals surface area contributed by atoms with Crippen molar-refractivity contribution in [3.63, 3.8) is 0 Å². The predicted octanol–water partition coefficient (Wildman–Crippen LogP) is 1.30. The van der Waals surface area contributed by atoms with Crippen molar-refractivity contribution in [3.8, 4) is 0 Å². The van der Waals surface area contributed by atoms with Crippen molar-refractivity contribution >= 4 is 17.7 Å². The molecule has 0 saturated carbocycles. The van der Waals surface area contributed by atoms with Crippen LogP contribution in [0.25, 0.3) is 0 Å². The van der Waals surface area contributed by atoms with E-state index in [1.54, 1.807) is 13.0 Å². The van der Waals surface area contributed by atoms with Gasteiger partial charge in [-0.3, -0.25) is 14.4 Å². The lowest BCUT2D eigenvalue weighted by Gasteiger charge is -2.32. The minimum atomic E-state index is -0.891. The Balaban J connectivity index is 2.36. The summed E-state index contributed by atoms with van der Waals surface area (Å²) in [6.45, 7) is 3.20. The van der Waals surface area contributed by atoms with E-state index in [-0.39, 0.29) is 31.1 Å². The second-order valence-corrected chi connectivity index (χ2v) is 5.23. The molecule has 6 heteroatoms. The predicted molar refractivity (Wildman–Crippen MR) is 72.0 cm³/mol. The molecule has 0 aromatic carbocycles. The van der Waals surface area contributed by atoms with Crippen molar-refractivity contribution in [1.82, 2.24) is 0 Å². The van der Waals surface area contributed by atoms with Crippen LogP contribution in [0, 0.1) is 5.92 Å². The molecule has 1 aliphatic heterocycles. The normalized spacial score (nSPS) is 29.9. The number of esters is 2. The number of rotatable bonds is 3. The van der Waals surface area contributed by atoms with Gasteiger partial charge in [0.2, 0.25) is 0 Å². The Morgan fingerprint density at radius 1 is 1.43 bits per heavy atom. The van der Waals surface area contributed by atoms with Crippen molar-refractivity contribution < 1.29 is 28.6 Å². The molecule has 6 nitrogen and oxygen atoms in total. The highest BCUT2D eigenvalue weighted by Gasteiger charge is 2.50. The molecule has 1 aliphatic carbocycles. The molecule has 1 saturated heterocycles. The lowest BCUT2D eigenvalue weighted by molar-refractivity contribution is -0.147. The third kappa shape index (κ3) is 3.05. The van der Waals surface area contributed by atoms with Gasteiger partial charge in [-0.05, 0) is 19.1 Å². The highest BCUT2D eigenvalue weighted by molar-refractivity contribution is 5.92. The van der Waals surface area contributed by atoms with Gasteiger partial charge in [-0.15, -0.1) is 0 Å². The van der Waals surface area contributed by atoms with Crippen LogP contribution in [0.2, 0.25) is 0 Å². The molecule has 0 spiro atoms. The van der Waals surface area contributed by atoms with E-state index in [9.17, 15) is 14.4 Å². The largest absolute Gasteiger partial charge is 0.469 e. The minimum absolute atomic E-state index is 0.0226. The average molecular weight is 294 g/mol. The summed E-state index contributed by atoms with van der Waals surface area (Å²) in [4.78, 5) is 34.4. The first-order valence-electron chi connectivity index (χ1n) is 6.69. The second-order valence-electron chi connectivity index (χ2n) is 5.23. The summed E-state index contributed by atoms with van der Waals surface area (Å²) in [5.41, 5.74) is -0.149. The highest BCUT2D eigenvalue weighted by atomic mass is 16.5.